The van der Waals surface area contributed by atoms with E-state index in [0.717, 1.165) is 6.42 Å². The maximum Gasteiger partial charge on any atom is 0.180 e. The summed E-state index contributed by atoms with van der Waals surface area (Å²) in [7, 11) is 0.323. The number of aryl methyl sites for hydroxylation is 2. The first-order valence-electron chi connectivity index (χ1n) is 3.85. The molecule has 1 aromatic rings. The molecule has 0 N–H and O–H groups in total. The van der Waals surface area contributed by atoms with Crippen molar-refractivity contribution in [1.29, 1.82) is 0 Å². The van der Waals surface area contributed by atoms with E-state index in [1.54, 1.807) is 0 Å². The van der Waals surface area contributed by atoms with E-state index in [9.17, 15) is 0 Å². The van der Waals surface area contributed by atoms with Crippen molar-refractivity contribution < 1.29 is 5.94 Å². The second-order valence-corrected chi connectivity index (χ2v) is 2.02. The fourth-order valence-corrected chi connectivity index (χ4v) is 0.833. The van der Waals surface area contributed by atoms with Gasteiger partial charge < -0.3 is 0 Å². The van der Waals surface area contributed by atoms with Gasteiger partial charge in [0.05, 0.1) is 0 Å². The molecular weight excluding hydrogens is 110 g/mol. The number of aromatic nitrogens is 1. The van der Waals surface area contributed by atoms with E-state index >= 15 is 0 Å². The molecule has 0 fully saturated rings. The number of hydrogen-bond donors (Lipinski definition) is 0. The zero-order valence-corrected chi connectivity index (χ0v) is 5.67. The van der Waals surface area contributed by atoms with Gasteiger partial charge in [-0.05, 0) is 0 Å². The number of hydrogen-bond acceptors (Lipinski definition) is 0. The van der Waals surface area contributed by atoms with Crippen molar-refractivity contribution in [2.45, 2.75) is 13.3 Å². The maximum atomic E-state index is 7.15. The van der Waals surface area contributed by atoms with Crippen molar-refractivity contribution in [3.8, 4) is 0 Å². The van der Waals surface area contributed by atoms with Crippen LogP contribution in [0.1, 0.15) is 14.0 Å². The fourth-order valence-electron chi connectivity index (χ4n) is 0.833. The van der Waals surface area contributed by atoms with Crippen LogP contribution in [-0.2, 0) is 13.4 Å². The quantitative estimate of drug-likeness (QED) is 0.492. The smallest absolute Gasteiger partial charge is 0.180 e. The molecule has 0 radical (unpaired) electrons. The van der Waals surface area contributed by atoms with E-state index in [0.29, 0.717) is 7.02 Å². The lowest BCUT2D eigenvalue weighted by Crippen LogP contribution is -2.32. The lowest BCUT2D eigenvalue weighted by atomic mass is 10.3. The minimum Gasteiger partial charge on any atom is -0.205 e. The van der Waals surface area contributed by atoms with Crippen LogP contribution >= 0.6 is 0 Å². The predicted molar refractivity (Wildman–Crippen MR) is 37.0 cm³/mol. The van der Waals surface area contributed by atoms with E-state index in [1.165, 1.54) is 5.69 Å². The van der Waals surface area contributed by atoms with E-state index in [4.69, 9.17) is 1.37 Å². The molecule has 0 unspecified atom stereocenters. The molecule has 0 saturated carbocycles. The van der Waals surface area contributed by atoms with Crippen LogP contribution in [0, 0.1) is 0 Å². The lowest BCUT2D eigenvalue weighted by molar-refractivity contribution is -0.679. The molecule has 1 rings (SSSR count). The number of rotatable bonds is 1. The SMILES string of the molecule is [2H]C[n+]1ccccc1CC. The first kappa shape index (κ1) is 4.98. The molecule has 0 aromatic carbocycles. The second kappa shape index (κ2) is 2.62. The van der Waals surface area contributed by atoms with Gasteiger partial charge in [0.25, 0.3) is 0 Å². The molecule has 0 aliphatic heterocycles. The van der Waals surface area contributed by atoms with Crippen molar-refractivity contribution in [2.75, 3.05) is 0 Å². The van der Waals surface area contributed by atoms with Gasteiger partial charge in [-0.3, -0.25) is 0 Å². The summed E-state index contributed by atoms with van der Waals surface area (Å²) in [4.78, 5) is 0. The Kier molecular flexibility index (Phi) is 1.45. The molecule has 0 aliphatic rings. The standard InChI is InChI=1S/C8H12N/c1-3-8-6-4-5-7-9(8)2/h4-7H,3H2,1-2H3/q+1/i2D. The van der Waals surface area contributed by atoms with Crippen LogP contribution < -0.4 is 4.57 Å². The first-order chi connectivity index (χ1) is 4.88. The Hall–Kier alpha value is -0.850. The summed E-state index contributed by atoms with van der Waals surface area (Å²) in [6.07, 6.45) is 2.94. The largest absolute Gasteiger partial charge is 0.205 e. The van der Waals surface area contributed by atoms with Gasteiger partial charge in [0, 0.05) is 18.6 Å². The second-order valence-electron chi connectivity index (χ2n) is 2.02. The van der Waals surface area contributed by atoms with E-state index in [1.807, 2.05) is 22.9 Å². The minimum absolute atomic E-state index is 0.323. The summed E-state index contributed by atoms with van der Waals surface area (Å²) in [5.74, 6) is 0. The summed E-state index contributed by atoms with van der Waals surface area (Å²) >= 11 is 0. The third kappa shape index (κ3) is 1.28. The topological polar surface area (TPSA) is 3.88 Å². The number of pyridine rings is 1. The highest BCUT2D eigenvalue weighted by Gasteiger charge is 1.97. The van der Waals surface area contributed by atoms with Gasteiger partial charge in [0.2, 0.25) is 0 Å². The number of nitrogens with zero attached hydrogens (tertiary/aromatic N) is 1. The Morgan fingerprint density at radius 2 is 2.56 bits per heavy atom. The minimum atomic E-state index is 0.323. The first-order valence-corrected chi connectivity index (χ1v) is 3.15. The van der Waals surface area contributed by atoms with Crippen LogP contribution in [0.5, 0.6) is 0 Å². The predicted octanol–water partition coefficient (Wildman–Crippen LogP) is 1.07. The average Bonchev–Trinajstić information content (AvgIpc) is 2.04. The van der Waals surface area contributed by atoms with Gasteiger partial charge in [0.15, 0.2) is 11.9 Å². The van der Waals surface area contributed by atoms with Crippen LogP contribution in [0.15, 0.2) is 24.4 Å². The van der Waals surface area contributed by atoms with Gasteiger partial charge in [0.1, 0.15) is 8.39 Å². The Bertz CT molecular complexity index is 187. The van der Waals surface area contributed by atoms with Gasteiger partial charge in [-0.15, -0.1) is 0 Å². The maximum absolute atomic E-state index is 7.15. The highest BCUT2D eigenvalue weighted by atomic mass is 14.9. The zero-order valence-electron chi connectivity index (χ0n) is 6.67. The van der Waals surface area contributed by atoms with Crippen molar-refractivity contribution in [1.82, 2.24) is 0 Å². The summed E-state index contributed by atoms with van der Waals surface area (Å²) in [5, 5.41) is 0. The van der Waals surface area contributed by atoms with Crippen LogP contribution in [0.3, 0.4) is 0 Å². The Morgan fingerprint density at radius 1 is 1.67 bits per heavy atom. The van der Waals surface area contributed by atoms with Crippen LogP contribution in [0.4, 0.5) is 0 Å². The van der Waals surface area contributed by atoms with Crippen molar-refractivity contribution in [3.05, 3.63) is 30.1 Å². The summed E-state index contributed by atoms with van der Waals surface area (Å²) in [6.45, 7) is 2.10. The fraction of sp³-hybridized carbons (Fsp3) is 0.375. The molecule has 9 heavy (non-hydrogen) atoms. The normalized spacial score (nSPS) is 11.0. The lowest BCUT2D eigenvalue weighted by Gasteiger charge is -1.91. The molecule has 48 valence electrons. The molecule has 1 nitrogen and oxygen atoms in total. The molecule has 1 aromatic heterocycles. The average molecular weight is 123 g/mol. The highest BCUT2D eigenvalue weighted by molar-refractivity contribution is 4.96. The van der Waals surface area contributed by atoms with Crippen LogP contribution in [0.25, 0.3) is 0 Å². The summed E-state index contributed by atoms with van der Waals surface area (Å²) < 4.78 is 9.08. The Labute approximate surface area is 57.4 Å². The van der Waals surface area contributed by atoms with Crippen molar-refractivity contribution >= 4 is 0 Å². The Balaban J connectivity index is 2.96. The van der Waals surface area contributed by atoms with Crippen molar-refractivity contribution in [3.63, 3.8) is 0 Å². The third-order valence-electron chi connectivity index (χ3n) is 1.40. The van der Waals surface area contributed by atoms with E-state index in [-0.39, 0.29) is 0 Å². The highest BCUT2D eigenvalue weighted by Crippen LogP contribution is 1.89. The van der Waals surface area contributed by atoms with Gasteiger partial charge in [-0.25, -0.2) is 4.57 Å². The molecule has 0 saturated heterocycles. The molecule has 0 bridgehead atoms. The molecule has 1 heteroatoms. The van der Waals surface area contributed by atoms with Crippen molar-refractivity contribution in [2.24, 2.45) is 7.02 Å². The molecular formula is C8H12N+. The van der Waals surface area contributed by atoms with Crippen LogP contribution in [0.2, 0.25) is 0 Å². The van der Waals surface area contributed by atoms with Gasteiger partial charge in [-0.1, -0.05) is 13.0 Å². The van der Waals surface area contributed by atoms with E-state index < -0.39 is 0 Å². The molecule has 0 spiro atoms. The zero-order chi connectivity index (χ0) is 7.40. The van der Waals surface area contributed by atoms with Crippen LogP contribution in [-0.4, -0.2) is 0 Å². The molecule has 1 heterocycles. The van der Waals surface area contributed by atoms with E-state index in [2.05, 4.69) is 13.0 Å². The molecule has 0 aliphatic carbocycles. The molecule has 0 atom stereocenters. The Morgan fingerprint density at radius 3 is 3.11 bits per heavy atom. The summed E-state index contributed by atoms with van der Waals surface area (Å²) in [6, 6.07) is 6.01. The van der Waals surface area contributed by atoms with Gasteiger partial charge in [-0.2, -0.15) is 0 Å². The molecule has 0 amide bonds. The third-order valence-corrected chi connectivity index (χ3v) is 1.40. The monoisotopic (exact) mass is 123 g/mol. The van der Waals surface area contributed by atoms with Gasteiger partial charge >= 0.3 is 0 Å². The summed E-state index contributed by atoms with van der Waals surface area (Å²) in [5.41, 5.74) is 1.22.